The maximum Gasteiger partial charge on any atom is 0.0591 e. The summed E-state index contributed by atoms with van der Waals surface area (Å²) < 4.78 is 5.37. The van der Waals surface area contributed by atoms with Gasteiger partial charge in [-0.3, -0.25) is 0 Å². The maximum absolute atomic E-state index is 5.37. The Balaban J connectivity index is 2.81. The Hall–Kier alpha value is -0.340. The predicted octanol–water partition coefficient (Wildman–Crippen LogP) is 2.75. The molecule has 0 saturated heterocycles. The van der Waals surface area contributed by atoms with E-state index in [-0.39, 0.29) is 0 Å². The molecule has 0 aliphatic rings. The molecular formula is C12H25NO. The van der Waals surface area contributed by atoms with E-state index in [2.05, 4.69) is 18.8 Å². The molecule has 1 N–H and O–H groups in total. The second-order valence-corrected chi connectivity index (χ2v) is 3.50. The van der Waals surface area contributed by atoms with Crippen LogP contribution < -0.4 is 5.32 Å². The molecule has 2 nitrogen and oxygen atoms in total. The van der Waals surface area contributed by atoms with Gasteiger partial charge in [-0.25, -0.2) is 0 Å². The summed E-state index contributed by atoms with van der Waals surface area (Å²) in [7, 11) is 0. The fraction of sp³-hybridized carbons (Fsp3) is 0.833. The molecule has 0 aliphatic carbocycles. The molecule has 0 unspecified atom stereocenters. The summed E-state index contributed by atoms with van der Waals surface area (Å²) in [5.41, 5.74) is 0. The van der Waals surface area contributed by atoms with Gasteiger partial charge in [-0.2, -0.15) is 0 Å². The summed E-state index contributed by atoms with van der Waals surface area (Å²) in [6.07, 6.45) is 8.15. The molecule has 0 spiro atoms. The Labute approximate surface area is 88.7 Å². The fourth-order valence-corrected chi connectivity index (χ4v) is 1.21. The molecule has 0 atom stereocenters. The third-order valence-electron chi connectivity index (χ3n) is 2.10. The van der Waals surface area contributed by atoms with Crippen LogP contribution in [0.5, 0.6) is 0 Å². The van der Waals surface area contributed by atoms with Crippen molar-refractivity contribution in [2.45, 2.75) is 39.0 Å². The Morgan fingerprint density at radius 1 is 1.14 bits per heavy atom. The van der Waals surface area contributed by atoms with Crippen LogP contribution in [0.15, 0.2) is 12.7 Å². The minimum Gasteiger partial charge on any atom is -0.380 e. The zero-order valence-electron chi connectivity index (χ0n) is 9.56. The van der Waals surface area contributed by atoms with E-state index in [1.54, 1.807) is 0 Å². The Bertz CT molecular complexity index is 115. The van der Waals surface area contributed by atoms with Crippen LogP contribution in [0.25, 0.3) is 0 Å². The van der Waals surface area contributed by atoms with Crippen molar-refractivity contribution in [1.29, 1.82) is 0 Å². The van der Waals surface area contributed by atoms with E-state index >= 15 is 0 Å². The summed E-state index contributed by atoms with van der Waals surface area (Å²) in [5.74, 6) is 0. The third-order valence-corrected chi connectivity index (χ3v) is 2.10. The normalized spacial score (nSPS) is 10.4. The average Bonchev–Trinajstić information content (AvgIpc) is 2.21. The molecule has 84 valence electrons. The number of ether oxygens (including phenoxy) is 1. The highest BCUT2D eigenvalue weighted by Gasteiger charge is 1.89. The molecule has 0 radical (unpaired) electrons. The van der Waals surface area contributed by atoms with Crippen LogP contribution in [0.1, 0.15) is 39.0 Å². The summed E-state index contributed by atoms with van der Waals surface area (Å²) in [6.45, 7) is 9.61. The van der Waals surface area contributed by atoms with Gasteiger partial charge in [0.05, 0.1) is 13.2 Å². The summed E-state index contributed by atoms with van der Waals surface area (Å²) in [5, 5.41) is 3.37. The van der Waals surface area contributed by atoms with Gasteiger partial charge in [0.2, 0.25) is 0 Å². The summed E-state index contributed by atoms with van der Waals surface area (Å²) in [4.78, 5) is 0. The second-order valence-electron chi connectivity index (χ2n) is 3.50. The Kier molecular flexibility index (Phi) is 12.4. The zero-order valence-corrected chi connectivity index (χ0v) is 9.56. The first-order valence-corrected chi connectivity index (χ1v) is 5.81. The van der Waals surface area contributed by atoms with Crippen LogP contribution >= 0.6 is 0 Å². The molecule has 14 heavy (non-hydrogen) atoms. The lowest BCUT2D eigenvalue weighted by molar-refractivity contribution is 0.140. The first-order chi connectivity index (χ1) is 6.91. The molecule has 0 fully saturated rings. The molecule has 2 heteroatoms. The third kappa shape index (κ3) is 11.7. The van der Waals surface area contributed by atoms with Gasteiger partial charge >= 0.3 is 0 Å². The fourth-order valence-electron chi connectivity index (χ4n) is 1.21. The van der Waals surface area contributed by atoms with Crippen molar-refractivity contribution in [3.63, 3.8) is 0 Å². The van der Waals surface area contributed by atoms with Gasteiger partial charge in [-0.1, -0.05) is 32.3 Å². The van der Waals surface area contributed by atoms with E-state index < -0.39 is 0 Å². The van der Waals surface area contributed by atoms with E-state index in [4.69, 9.17) is 4.74 Å². The van der Waals surface area contributed by atoms with Crippen molar-refractivity contribution in [2.24, 2.45) is 0 Å². The van der Waals surface area contributed by atoms with Crippen LogP contribution in [0.4, 0.5) is 0 Å². The minimum absolute atomic E-state index is 0.807. The molecular weight excluding hydrogens is 174 g/mol. The lowest BCUT2D eigenvalue weighted by Crippen LogP contribution is -2.21. The van der Waals surface area contributed by atoms with Gasteiger partial charge < -0.3 is 10.1 Å². The zero-order chi connectivity index (χ0) is 10.5. The second kappa shape index (κ2) is 12.7. The molecule has 0 saturated carbocycles. The molecule has 0 aromatic heterocycles. The highest BCUT2D eigenvalue weighted by atomic mass is 16.5. The van der Waals surface area contributed by atoms with Crippen molar-refractivity contribution >= 4 is 0 Å². The van der Waals surface area contributed by atoms with Gasteiger partial charge in [0.25, 0.3) is 0 Å². The highest BCUT2D eigenvalue weighted by molar-refractivity contribution is 4.64. The van der Waals surface area contributed by atoms with Crippen molar-refractivity contribution in [3.05, 3.63) is 12.7 Å². The number of hydrogen-bond donors (Lipinski definition) is 1. The Morgan fingerprint density at radius 2 is 2.00 bits per heavy atom. The molecule has 0 bridgehead atoms. The largest absolute Gasteiger partial charge is 0.380 e. The lowest BCUT2D eigenvalue weighted by Gasteiger charge is -2.04. The number of rotatable bonds is 11. The number of hydrogen-bond acceptors (Lipinski definition) is 2. The van der Waals surface area contributed by atoms with Crippen molar-refractivity contribution in [1.82, 2.24) is 5.32 Å². The topological polar surface area (TPSA) is 21.3 Å². The van der Waals surface area contributed by atoms with E-state index in [0.29, 0.717) is 0 Å². The van der Waals surface area contributed by atoms with Crippen molar-refractivity contribution in [3.8, 4) is 0 Å². The van der Waals surface area contributed by atoms with Crippen molar-refractivity contribution in [2.75, 3.05) is 26.3 Å². The smallest absolute Gasteiger partial charge is 0.0591 e. The van der Waals surface area contributed by atoms with Crippen molar-refractivity contribution < 1.29 is 4.74 Å². The number of nitrogens with one attached hydrogen (secondary N) is 1. The number of unbranched alkanes of at least 4 members (excludes halogenated alkanes) is 3. The van der Waals surface area contributed by atoms with Crippen LogP contribution in [0.3, 0.4) is 0 Å². The van der Waals surface area contributed by atoms with Crippen LogP contribution in [0.2, 0.25) is 0 Å². The van der Waals surface area contributed by atoms with Crippen LogP contribution in [0, 0.1) is 0 Å². The SMILES string of the molecule is C=CCCOCCNCCCCCC. The van der Waals surface area contributed by atoms with Gasteiger partial charge in [-0.05, 0) is 19.4 Å². The quantitative estimate of drug-likeness (QED) is 0.408. The molecule has 0 heterocycles. The van der Waals surface area contributed by atoms with E-state index in [9.17, 15) is 0 Å². The van der Waals surface area contributed by atoms with Gasteiger partial charge in [0.1, 0.15) is 0 Å². The average molecular weight is 199 g/mol. The van der Waals surface area contributed by atoms with Gasteiger partial charge in [0.15, 0.2) is 0 Å². The van der Waals surface area contributed by atoms with E-state index in [0.717, 1.165) is 32.7 Å². The standard InChI is InChI=1S/C12H25NO/c1-3-5-7-8-9-13-10-12-14-11-6-4-2/h4,13H,2-3,5-12H2,1H3. The summed E-state index contributed by atoms with van der Waals surface area (Å²) in [6, 6.07) is 0. The highest BCUT2D eigenvalue weighted by Crippen LogP contribution is 1.96. The molecule has 0 aromatic carbocycles. The van der Waals surface area contributed by atoms with Crippen LogP contribution in [-0.2, 0) is 4.74 Å². The van der Waals surface area contributed by atoms with Gasteiger partial charge in [-0.15, -0.1) is 6.58 Å². The minimum atomic E-state index is 0.807. The molecule has 0 aliphatic heterocycles. The predicted molar refractivity (Wildman–Crippen MR) is 62.6 cm³/mol. The van der Waals surface area contributed by atoms with Crippen LogP contribution in [-0.4, -0.2) is 26.3 Å². The maximum atomic E-state index is 5.37. The molecule has 0 rings (SSSR count). The van der Waals surface area contributed by atoms with Gasteiger partial charge in [0, 0.05) is 6.54 Å². The summed E-state index contributed by atoms with van der Waals surface area (Å²) >= 11 is 0. The first kappa shape index (κ1) is 13.7. The monoisotopic (exact) mass is 199 g/mol. The Morgan fingerprint density at radius 3 is 2.71 bits per heavy atom. The van der Waals surface area contributed by atoms with E-state index in [1.165, 1.54) is 25.7 Å². The molecule has 0 aromatic rings. The molecule has 0 amide bonds. The first-order valence-electron chi connectivity index (χ1n) is 5.81. The van der Waals surface area contributed by atoms with E-state index in [1.807, 2.05) is 6.08 Å². The lowest BCUT2D eigenvalue weighted by atomic mass is 10.2.